The molecule has 0 bridgehead atoms. The molecule has 0 aromatic heterocycles. The average molecular weight is 243 g/mol. The zero-order valence-electron chi connectivity index (χ0n) is 11.0. The van der Waals surface area contributed by atoms with Crippen molar-refractivity contribution in [3.05, 3.63) is 0 Å². The molecule has 1 aliphatic carbocycles. The molecule has 100 valence electrons. The number of ether oxygens (including phenoxy) is 3. The van der Waals surface area contributed by atoms with Gasteiger partial charge in [-0.05, 0) is 18.8 Å². The van der Waals surface area contributed by atoms with Gasteiger partial charge in [0.05, 0.1) is 13.2 Å². The lowest BCUT2D eigenvalue weighted by atomic mass is 9.90. The Balaban J connectivity index is 1.65. The maximum Gasteiger partial charge on any atom is 0.168 e. The van der Waals surface area contributed by atoms with Crippen molar-refractivity contribution in [2.75, 3.05) is 33.5 Å². The first kappa shape index (κ1) is 13.3. The topological polar surface area (TPSA) is 39.7 Å². The molecule has 1 heterocycles. The first-order valence-electron chi connectivity index (χ1n) is 6.74. The van der Waals surface area contributed by atoms with Crippen LogP contribution in [-0.4, -0.2) is 45.3 Å². The number of methoxy groups -OCH3 is 1. The molecule has 0 aromatic carbocycles. The van der Waals surface area contributed by atoms with Gasteiger partial charge in [-0.2, -0.15) is 0 Å². The lowest BCUT2D eigenvalue weighted by Crippen LogP contribution is -2.43. The number of hydrogen-bond acceptors (Lipinski definition) is 4. The van der Waals surface area contributed by atoms with Gasteiger partial charge < -0.3 is 19.5 Å². The van der Waals surface area contributed by atoms with E-state index in [9.17, 15) is 0 Å². The second-order valence-corrected chi connectivity index (χ2v) is 5.35. The van der Waals surface area contributed by atoms with Crippen LogP contribution in [-0.2, 0) is 14.2 Å². The molecule has 4 nitrogen and oxygen atoms in total. The molecule has 1 saturated carbocycles. The molecule has 0 aromatic rings. The lowest BCUT2D eigenvalue weighted by molar-refractivity contribution is -0.179. The number of hydrogen-bond donors (Lipinski definition) is 1. The van der Waals surface area contributed by atoms with Gasteiger partial charge in [-0.1, -0.05) is 6.92 Å². The van der Waals surface area contributed by atoms with Gasteiger partial charge in [0.25, 0.3) is 0 Å². The van der Waals surface area contributed by atoms with Gasteiger partial charge in [0, 0.05) is 39.1 Å². The largest absolute Gasteiger partial charge is 0.384 e. The summed E-state index contributed by atoms with van der Waals surface area (Å²) in [6.07, 6.45) is 4.37. The predicted octanol–water partition coefficient (Wildman–Crippen LogP) is 1.54. The molecule has 2 rings (SSSR count). The van der Waals surface area contributed by atoms with Crippen LogP contribution in [0.25, 0.3) is 0 Å². The van der Waals surface area contributed by atoms with E-state index in [-0.39, 0.29) is 5.79 Å². The maximum atomic E-state index is 5.72. The van der Waals surface area contributed by atoms with Crippen molar-refractivity contribution in [3.8, 4) is 0 Å². The second kappa shape index (κ2) is 6.14. The summed E-state index contributed by atoms with van der Waals surface area (Å²) in [6.45, 7) is 5.61. The molecule has 1 atom stereocenters. The molecule has 2 aliphatic rings. The van der Waals surface area contributed by atoms with Crippen LogP contribution in [0.5, 0.6) is 0 Å². The van der Waals surface area contributed by atoms with Crippen LogP contribution in [0.2, 0.25) is 0 Å². The Labute approximate surface area is 104 Å². The van der Waals surface area contributed by atoms with Gasteiger partial charge in [0.1, 0.15) is 0 Å². The first-order chi connectivity index (χ1) is 8.24. The molecule has 1 saturated heterocycles. The Morgan fingerprint density at radius 1 is 1.29 bits per heavy atom. The number of rotatable bonds is 5. The van der Waals surface area contributed by atoms with E-state index in [1.807, 2.05) is 0 Å². The van der Waals surface area contributed by atoms with Gasteiger partial charge in [0.2, 0.25) is 0 Å². The molecule has 17 heavy (non-hydrogen) atoms. The van der Waals surface area contributed by atoms with Gasteiger partial charge in [-0.25, -0.2) is 0 Å². The lowest BCUT2D eigenvalue weighted by Gasteiger charge is -2.36. The Morgan fingerprint density at radius 3 is 2.53 bits per heavy atom. The van der Waals surface area contributed by atoms with Gasteiger partial charge >= 0.3 is 0 Å². The van der Waals surface area contributed by atoms with Crippen molar-refractivity contribution >= 4 is 0 Å². The summed E-state index contributed by atoms with van der Waals surface area (Å²) in [5, 5.41) is 3.62. The summed E-state index contributed by atoms with van der Waals surface area (Å²) in [6, 6.07) is 0.618. The third kappa shape index (κ3) is 3.65. The summed E-state index contributed by atoms with van der Waals surface area (Å²) in [7, 11) is 1.76. The van der Waals surface area contributed by atoms with E-state index in [1.165, 1.54) is 0 Å². The van der Waals surface area contributed by atoms with Crippen LogP contribution in [0.15, 0.2) is 0 Å². The third-order valence-electron chi connectivity index (χ3n) is 3.77. The Bertz CT molecular complexity index is 219. The van der Waals surface area contributed by atoms with Crippen LogP contribution in [0.1, 0.15) is 32.6 Å². The highest BCUT2D eigenvalue weighted by molar-refractivity contribution is 4.85. The molecule has 2 fully saturated rings. The van der Waals surface area contributed by atoms with Crippen LogP contribution < -0.4 is 5.32 Å². The molecule has 1 aliphatic heterocycles. The number of nitrogens with one attached hydrogen (secondary N) is 1. The van der Waals surface area contributed by atoms with E-state index in [0.29, 0.717) is 12.0 Å². The smallest absolute Gasteiger partial charge is 0.168 e. The maximum absolute atomic E-state index is 5.72. The van der Waals surface area contributed by atoms with E-state index in [4.69, 9.17) is 14.2 Å². The van der Waals surface area contributed by atoms with Crippen LogP contribution in [0.3, 0.4) is 0 Å². The normalized spacial score (nSPS) is 26.5. The van der Waals surface area contributed by atoms with Crippen molar-refractivity contribution in [3.63, 3.8) is 0 Å². The van der Waals surface area contributed by atoms with E-state index in [0.717, 1.165) is 52.0 Å². The van der Waals surface area contributed by atoms with E-state index >= 15 is 0 Å². The Morgan fingerprint density at radius 2 is 1.94 bits per heavy atom. The minimum absolute atomic E-state index is 0.226. The fourth-order valence-electron chi connectivity index (χ4n) is 2.76. The minimum atomic E-state index is -0.226. The van der Waals surface area contributed by atoms with Crippen molar-refractivity contribution in [1.29, 1.82) is 0 Å². The van der Waals surface area contributed by atoms with Crippen LogP contribution in [0, 0.1) is 5.92 Å². The highest BCUT2D eigenvalue weighted by Gasteiger charge is 2.40. The molecular weight excluding hydrogens is 218 g/mol. The van der Waals surface area contributed by atoms with E-state index in [1.54, 1.807) is 7.11 Å². The SMILES string of the molecule is COCC(C)CNC1CCC2(CC1)OCCO2. The van der Waals surface area contributed by atoms with Crippen molar-refractivity contribution in [1.82, 2.24) is 5.32 Å². The molecule has 0 radical (unpaired) electrons. The predicted molar refractivity (Wildman–Crippen MR) is 65.9 cm³/mol. The minimum Gasteiger partial charge on any atom is -0.384 e. The van der Waals surface area contributed by atoms with Crippen LogP contribution in [0.4, 0.5) is 0 Å². The zero-order chi connectivity index (χ0) is 12.1. The Hall–Kier alpha value is -0.160. The van der Waals surface area contributed by atoms with Crippen LogP contribution >= 0.6 is 0 Å². The summed E-state index contributed by atoms with van der Waals surface area (Å²) in [5.41, 5.74) is 0. The van der Waals surface area contributed by atoms with Gasteiger partial charge in [0.15, 0.2) is 5.79 Å². The Kier molecular flexibility index (Phi) is 4.79. The molecule has 0 amide bonds. The standard InChI is InChI=1S/C13H25NO3/c1-11(10-15-2)9-14-12-3-5-13(6-4-12)16-7-8-17-13/h11-12,14H,3-10H2,1-2H3. The molecule has 1 unspecified atom stereocenters. The third-order valence-corrected chi connectivity index (χ3v) is 3.77. The van der Waals surface area contributed by atoms with Gasteiger partial charge in [-0.3, -0.25) is 0 Å². The quantitative estimate of drug-likeness (QED) is 0.795. The van der Waals surface area contributed by atoms with E-state index < -0.39 is 0 Å². The monoisotopic (exact) mass is 243 g/mol. The second-order valence-electron chi connectivity index (χ2n) is 5.35. The highest BCUT2D eigenvalue weighted by Crippen LogP contribution is 2.35. The summed E-state index contributed by atoms with van der Waals surface area (Å²) >= 11 is 0. The molecular formula is C13H25NO3. The first-order valence-corrected chi connectivity index (χ1v) is 6.74. The average Bonchev–Trinajstić information content (AvgIpc) is 2.78. The van der Waals surface area contributed by atoms with Crippen molar-refractivity contribution in [2.45, 2.75) is 44.4 Å². The van der Waals surface area contributed by atoms with E-state index in [2.05, 4.69) is 12.2 Å². The summed E-state index contributed by atoms with van der Waals surface area (Å²) < 4.78 is 16.6. The van der Waals surface area contributed by atoms with Crippen molar-refractivity contribution in [2.24, 2.45) is 5.92 Å². The van der Waals surface area contributed by atoms with Gasteiger partial charge in [-0.15, -0.1) is 0 Å². The fourth-order valence-corrected chi connectivity index (χ4v) is 2.76. The molecule has 4 heteroatoms. The fraction of sp³-hybridized carbons (Fsp3) is 1.00. The molecule has 1 N–H and O–H groups in total. The summed E-state index contributed by atoms with van der Waals surface area (Å²) in [4.78, 5) is 0. The highest BCUT2D eigenvalue weighted by atomic mass is 16.7. The van der Waals surface area contributed by atoms with Crippen molar-refractivity contribution < 1.29 is 14.2 Å². The summed E-state index contributed by atoms with van der Waals surface area (Å²) in [5.74, 6) is 0.353. The zero-order valence-corrected chi connectivity index (χ0v) is 11.0. The molecule has 1 spiro atoms.